The lowest BCUT2D eigenvalue weighted by atomic mass is 10.4. The van der Waals surface area contributed by atoms with Gasteiger partial charge in [-0.05, 0) is 30.7 Å². The zero-order valence-electron chi connectivity index (χ0n) is 13.6. The summed E-state index contributed by atoms with van der Waals surface area (Å²) in [5.74, 6) is 0.749. The molecule has 1 aromatic carbocycles. The second-order valence-electron chi connectivity index (χ2n) is 5.14. The third-order valence-corrected chi connectivity index (χ3v) is 5.39. The van der Waals surface area contributed by atoms with Crippen LogP contribution in [0.4, 0.5) is 0 Å². The van der Waals surface area contributed by atoms with E-state index in [1.807, 2.05) is 6.92 Å². The molecule has 0 aliphatic heterocycles. The summed E-state index contributed by atoms with van der Waals surface area (Å²) in [4.78, 5) is 4.39. The quantitative estimate of drug-likeness (QED) is 0.671. The zero-order chi connectivity index (χ0) is 17.6. The summed E-state index contributed by atoms with van der Waals surface area (Å²) < 4.78 is 37.0. The van der Waals surface area contributed by atoms with Crippen molar-refractivity contribution in [2.24, 2.45) is 0 Å². The Bertz CT molecular complexity index is 746. The van der Waals surface area contributed by atoms with Gasteiger partial charge in [-0.3, -0.25) is 0 Å². The topological polar surface area (TPSA) is 85.5 Å². The summed E-state index contributed by atoms with van der Waals surface area (Å²) in [6.45, 7) is 2.75. The monoisotopic (exact) mass is 373 g/mol. The van der Waals surface area contributed by atoms with Gasteiger partial charge in [0.25, 0.3) is 0 Å². The Morgan fingerprint density at radius 3 is 2.62 bits per heavy atom. The maximum Gasteiger partial charge on any atom is 0.243 e. The average Bonchev–Trinajstić information content (AvgIpc) is 3.00. The highest BCUT2D eigenvalue weighted by atomic mass is 35.5. The first-order chi connectivity index (χ1) is 11.5. The molecule has 0 aliphatic carbocycles. The van der Waals surface area contributed by atoms with Crippen molar-refractivity contribution in [2.45, 2.75) is 31.2 Å². The lowest BCUT2D eigenvalue weighted by Gasteiger charge is -2.19. The van der Waals surface area contributed by atoms with Crippen molar-refractivity contribution in [3.63, 3.8) is 0 Å². The van der Waals surface area contributed by atoms with E-state index >= 15 is 0 Å². The van der Waals surface area contributed by atoms with Crippen molar-refractivity contribution in [1.82, 2.24) is 14.4 Å². The number of methoxy groups -OCH3 is 1. The predicted octanol–water partition coefficient (Wildman–Crippen LogP) is 2.51. The third-order valence-electron chi connectivity index (χ3n) is 3.28. The Labute approximate surface area is 146 Å². The van der Waals surface area contributed by atoms with E-state index < -0.39 is 10.0 Å². The van der Waals surface area contributed by atoms with Gasteiger partial charge in [0.05, 0.1) is 18.0 Å². The Hall–Kier alpha value is -1.48. The fraction of sp³-hybridized carbons (Fsp3) is 0.467. The highest BCUT2D eigenvalue weighted by Crippen LogP contribution is 2.20. The number of sulfonamides is 1. The number of hydrogen-bond donors (Lipinski definition) is 0. The zero-order valence-corrected chi connectivity index (χ0v) is 15.2. The third kappa shape index (κ3) is 4.76. The van der Waals surface area contributed by atoms with Crippen molar-refractivity contribution >= 4 is 21.6 Å². The minimum absolute atomic E-state index is 0.0266. The normalized spacial score (nSPS) is 12.0. The smallest absolute Gasteiger partial charge is 0.243 e. The highest BCUT2D eigenvalue weighted by Gasteiger charge is 2.26. The SMILES string of the molecule is CCCN(Cc1nc(CCOC)no1)S(=O)(=O)c1ccc(Cl)cc1. The molecule has 1 aromatic heterocycles. The summed E-state index contributed by atoms with van der Waals surface area (Å²) in [5.41, 5.74) is 0. The molecule has 0 atom stereocenters. The number of nitrogens with zero attached hydrogens (tertiary/aromatic N) is 3. The van der Waals surface area contributed by atoms with Gasteiger partial charge in [0, 0.05) is 25.1 Å². The minimum Gasteiger partial charge on any atom is -0.384 e. The van der Waals surface area contributed by atoms with Gasteiger partial charge < -0.3 is 9.26 Å². The van der Waals surface area contributed by atoms with Crippen molar-refractivity contribution in [3.8, 4) is 0 Å². The van der Waals surface area contributed by atoms with Crippen LogP contribution < -0.4 is 0 Å². The second-order valence-corrected chi connectivity index (χ2v) is 7.51. The van der Waals surface area contributed by atoms with Crippen molar-refractivity contribution in [1.29, 1.82) is 0 Å². The Balaban J connectivity index is 2.19. The molecule has 0 aliphatic rings. The van der Waals surface area contributed by atoms with Crippen LogP contribution in [0, 0.1) is 0 Å². The van der Waals surface area contributed by atoms with E-state index in [9.17, 15) is 8.42 Å². The van der Waals surface area contributed by atoms with E-state index in [0.29, 0.717) is 36.8 Å². The lowest BCUT2D eigenvalue weighted by Crippen LogP contribution is -2.31. The molecule has 7 nitrogen and oxygen atoms in total. The van der Waals surface area contributed by atoms with E-state index in [2.05, 4.69) is 10.1 Å². The Morgan fingerprint density at radius 2 is 2.00 bits per heavy atom. The molecule has 1 heterocycles. The first-order valence-electron chi connectivity index (χ1n) is 7.53. The number of ether oxygens (including phenoxy) is 1. The first kappa shape index (κ1) is 18.9. The molecule has 0 saturated carbocycles. The summed E-state index contributed by atoms with van der Waals surface area (Å²) in [5, 5.41) is 4.31. The van der Waals surface area contributed by atoms with Crippen LogP contribution in [0.15, 0.2) is 33.7 Å². The second kappa shape index (κ2) is 8.57. The fourth-order valence-corrected chi connectivity index (χ4v) is 3.70. The molecular formula is C15H20ClN3O4S. The van der Waals surface area contributed by atoms with Crippen LogP contribution in [0.3, 0.4) is 0 Å². The van der Waals surface area contributed by atoms with E-state index in [4.69, 9.17) is 20.9 Å². The molecule has 2 aromatic rings. The molecule has 9 heteroatoms. The molecule has 132 valence electrons. The van der Waals surface area contributed by atoms with Gasteiger partial charge in [-0.2, -0.15) is 9.29 Å². The Morgan fingerprint density at radius 1 is 1.29 bits per heavy atom. The summed E-state index contributed by atoms with van der Waals surface area (Å²) in [7, 11) is -2.08. The standard InChI is InChI=1S/C15H20ClN3O4S/c1-3-9-19(11-15-17-14(18-23-15)8-10-22-2)24(20,21)13-6-4-12(16)5-7-13/h4-7H,3,8-11H2,1-2H3. The highest BCUT2D eigenvalue weighted by molar-refractivity contribution is 7.89. The molecule has 24 heavy (non-hydrogen) atoms. The van der Waals surface area contributed by atoms with Crippen molar-refractivity contribution in [2.75, 3.05) is 20.3 Å². The molecule has 0 saturated heterocycles. The van der Waals surface area contributed by atoms with Gasteiger partial charge in [0.1, 0.15) is 0 Å². The van der Waals surface area contributed by atoms with Crippen LogP contribution in [0.1, 0.15) is 25.1 Å². The summed E-state index contributed by atoms with van der Waals surface area (Å²) in [6, 6.07) is 6.07. The summed E-state index contributed by atoms with van der Waals surface area (Å²) in [6.07, 6.45) is 1.18. The number of rotatable bonds is 9. The Kier molecular flexibility index (Phi) is 6.73. The minimum atomic E-state index is -3.66. The van der Waals surface area contributed by atoms with Gasteiger partial charge in [-0.1, -0.05) is 23.7 Å². The van der Waals surface area contributed by atoms with Crippen LogP contribution in [0.25, 0.3) is 0 Å². The van der Waals surface area contributed by atoms with Crippen molar-refractivity contribution in [3.05, 3.63) is 41.0 Å². The maximum absolute atomic E-state index is 12.8. The number of halogens is 1. The fourth-order valence-electron chi connectivity index (χ4n) is 2.09. The largest absolute Gasteiger partial charge is 0.384 e. The van der Waals surface area contributed by atoms with E-state index in [0.717, 1.165) is 0 Å². The van der Waals surface area contributed by atoms with Gasteiger partial charge >= 0.3 is 0 Å². The summed E-state index contributed by atoms with van der Waals surface area (Å²) >= 11 is 5.82. The van der Waals surface area contributed by atoms with Gasteiger partial charge in [0.15, 0.2) is 5.82 Å². The molecule has 0 unspecified atom stereocenters. The predicted molar refractivity (Wildman–Crippen MR) is 89.2 cm³/mol. The van der Waals surface area contributed by atoms with Gasteiger partial charge in [-0.15, -0.1) is 0 Å². The van der Waals surface area contributed by atoms with Crippen LogP contribution in [0.5, 0.6) is 0 Å². The molecule has 0 fully saturated rings. The maximum atomic E-state index is 12.8. The van der Waals surface area contributed by atoms with E-state index in [1.165, 1.54) is 16.4 Å². The van der Waals surface area contributed by atoms with Crippen LogP contribution in [-0.4, -0.2) is 43.1 Å². The number of hydrogen-bond acceptors (Lipinski definition) is 6. The first-order valence-corrected chi connectivity index (χ1v) is 9.35. The number of aromatic nitrogens is 2. The average molecular weight is 374 g/mol. The van der Waals surface area contributed by atoms with Crippen molar-refractivity contribution < 1.29 is 17.7 Å². The van der Waals surface area contributed by atoms with E-state index in [-0.39, 0.29) is 17.3 Å². The van der Waals surface area contributed by atoms with Crippen LogP contribution in [0.2, 0.25) is 5.02 Å². The molecule has 0 spiro atoms. The molecule has 0 N–H and O–H groups in total. The van der Waals surface area contributed by atoms with E-state index in [1.54, 1.807) is 19.2 Å². The lowest BCUT2D eigenvalue weighted by molar-refractivity contribution is 0.199. The van der Waals surface area contributed by atoms with Gasteiger partial charge in [0.2, 0.25) is 15.9 Å². The van der Waals surface area contributed by atoms with Crippen LogP contribution >= 0.6 is 11.6 Å². The van der Waals surface area contributed by atoms with Crippen LogP contribution in [-0.2, 0) is 27.7 Å². The van der Waals surface area contributed by atoms with Gasteiger partial charge in [-0.25, -0.2) is 8.42 Å². The molecule has 0 amide bonds. The molecular weight excluding hydrogens is 354 g/mol. The molecule has 2 rings (SSSR count). The number of benzene rings is 1. The molecule has 0 bridgehead atoms. The molecule has 0 radical (unpaired) electrons.